The summed E-state index contributed by atoms with van der Waals surface area (Å²) in [5.41, 5.74) is 4.44. The van der Waals surface area contributed by atoms with E-state index in [1.54, 1.807) is 11.3 Å². The third-order valence-corrected chi connectivity index (χ3v) is 3.41. The van der Waals surface area contributed by atoms with Crippen LogP contribution in [-0.2, 0) is 6.61 Å². The lowest BCUT2D eigenvalue weighted by molar-refractivity contribution is 0.242. The van der Waals surface area contributed by atoms with Crippen LogP contribution in [-0.4, -0.2) is 11.2 Å². The maximum Gasteiger partial charge on any atom is 0.120 e. The van der Waals surface area contributed by atoms with Crippen molar-refractivity contribution in [2.75, 3.05) is 0 Å². The smallest absolute Gasteiger partial charge is 0.120 e. The van der Waals surface area contributed by atoms with Crippen molar-refractivity contribution in [2.24, 2.45) is 0 Å². The zero-order valence-corrected chi connectivity index (χ0v) is 14.0. The number of aliphatic hydroxyl groups excluding tert-OH is 1. The molecule has 0 bridgehead atoms. The van der Waals surface area contributed by atoms with Gasteiger partial charge in [-0.3, -0.25) is 0 Å². The van der Waals surface area contributed by atoms with E-state index in [-0.39, 0.29) is 12.7 Å². The van der Waals surface area contributed by atoms with Gasteiger partial charge in [-0.05, 0) is 73.3 Å². The summed E-state index contributed by atoms with van der Waals surface area (Å²) >= 11 is 1.60. The first kappa shape index (κ1) is 17.5. The summed E-state index contributed by atoms with van der Waals surface area (Å²) in [7, 11) is 0. The van der Waals surface area contributed by atoms with Crippen molar-refractivity contribution >= 4 is 16.9 Å². The van der Waals surface area contributed by atoms with E-state index in [0.29, 0.717) is 0 Å². The molecule has 1 heterocycles. The quantitative estimate of drug-likeness (QED) is 0.856. The lowest BCUT2D eigenvalue weighted by Gasteiger charge is -2.12. The Bertz CT molecular complexity index is 557. The van der Waals surface area contributed by atoms with Crippen molar-refractivity contribution in [1.29, 1.82) is 0 Å². The number of benzene rings is 1. The van der Waals surface area contributed by atoms with Gasteiger partial charge in [0.25, 0.3) is 0 Å². The van der Waals surface area contributed by atoms with Crippen LogP contribution in [0.15, 0.2) is 41.6 Å². The lowest BCUT2D eigenvalue weighted by atomic mass is 10.1. The number of rotatable bonds is 4. The normalized spacial score (nSPS) is 10.0. The van der Waals surface area contributed by atoms with Crippen LogP contribution in [0.4, 0.5) is 0 Å². The first-order valence-corrected chi connectivity index (χ1v) is 7.92. The number of aryl methyl sites for hydroxylation is 1. The minimum absolute atomic E-state index is 0.170. The molecule has 0 amide bonds. The Morgan fingerprint density at radius 1 is 1.33 bits per heavy atom. The zero-order valence-electron chi connectivity index (χ0n) is 13.2. The molecule has 0 fully saturated rings. The fourth-order valence-corrected chi connectivity index (χ4v) is 2.38. The molecule has 1 aromatic heterocycles. The van der Waals surface area contributed by atoms with Gasteiger partial charge in [0.2, 0.25) is 0 Å². The molecule has 1 N–H and O–H groups in total. The molecule has 1 aromatic carbocycles. The second-order valence-corrected chi connectivity index (χ2v) is 6.05. The van der Waals surface area contributed by atoms with E-state index in [4.69, 9.17) is 9.84 Å². The molecule has 21 heavy (non-hydrogen) atoms. The van der Waals surface area contributed by atoms with Crippen molar-refractivity contribution in [1.82, 2.24) is 0 Å². The maximum atomic E-state index is 8.43. The van der Waals surface area contributed by atoms with Gasteiger partial charge in [0, 0.05) is 0 Å². The Labute approximate surface area is 131 Å². The molecular formula is C18H24O2S. The standard InChI is InChI=1S/C13H18O.C5H6OS/c1-9(2)12-6-11(5)7-13(8-12)14-10(3)4;6-3-5-1-2-7-4-5/h6-8,10H,1H2,2-5H3;1-2,4,6H,3H2. The van der Waals surface area contributed by atoms with Crippen LogP contribution in [0.1, 0.15) is 37.5 Å². The van der Waals surface area contributed by atoms with Gasteiger partial charge in [-0.25, -0.2) is 0 Å². The van der Waals surface area contributed by atoms with Crippen LogP contribution < -0.4 is 4.74 Å². The van der Waals surface area contributed by atoms with Gasteiger partial charge in [-0.2, -0.15) is 11.3 Å². The first-order chi connectivity index (χ1) is 9.92. The Morgan fingerprint density at radius 2 is 2.05 bits per heavy atom. The van der Waals surface area contributed by atoms with Crippen LogP contribution in [0, 0.1) is 6.92 Å². The average molecular weight is 304 g/mol. The second kappa shape index (κ2) is 8.65. The Morgan fingerprint density at radius 3 is 2.48 bits per heavy atom. The molecule has 2 nitrogen and oxygen atoms in total. The van der Waals surface area contributed by atoms with Crippen molar-refractivity contribution < 1.29 is 9.84 Å². The highest BCUT2D eigenvalue weighted by Gasteiger charge is 2.01. The van der Waals surface area contributed by atoms with Gasteiger partial charge >= 0.3 is 0 Å². The predicted molar refractivity (Wildman–Crippen MR) is 91.9 cm³/mol. The summed E-state index contributed by atoms with van der Waals surface area (Å²) in [6, 6.07) is 8.11. The summed E-state index contributed by atoms with van der Waals surface area (Å²) in [5, 5.41) is 12.3. The predicted octanol–water partition coefficient (Wildman–Crippen LogP) is 5.06. The second-order valence-electron chi connectivity index (χ2n) is 5.27. The monoisotopic (exact) mass is 304 g/mol. The number of thiophene rings is 1. The topological polar surface area (TPSA) is 29.5 Å². The number of hydrogen-bond acceptors (Lipinski definition) is 3. The molecule has 2 rings (SSSR count). The summed E-state index contributed by atoms with van der Waals surface area (Å²) in [6.07, 6.45) is 0.217. The van der Waals surface area contributed by atoms with Gasteiger partial charge in [0.05, 0.1) is 12.7 Å². The largest absolute Gasteiger partial charge is 0.491 e. The number of hydrogen-bond donors (Lipinski definition) is 1. The van der Waals surface area contributed by atoms with E-state index in [9.17, 15) is 0 Å². The molecular weight excluding hydrogens is 280 g/mol. The van der Waals surface area contributed by atoms with E-state index >= 15 is 0 Å². The minimum atomic E-state index is 0.170. The molecule has 3 heteroatoms. The van der Waals surface area contributed by atoms with Crippen LogP contribution >= 0.6 is 11.3 Å². The zero-order chi connectivity index (χ0) is 15.8. The van der Waals surface area contributed by atoms with E-state index in [1.165, 1.54) is 5.56 Å². The average Bonchev–Trinajstić information content (AvgIpc) is 2.91. The van der Waals surface area contributed by atoms with Gasteiger partial charge in [-0.15, -0.1) is 0 Å². The van der Waals surface area contributed by atoms with E-state index in [1.807, 2.05) is 49.7 Å². The Hall–Kier alpha value is -1.58. The lowest BCUT2D eigenvalue weighted by Crippen LogP contribution is -2.05. The molecule has 0 saturated carbocycles. The summed E-state index contributed by atoms with van der Waals surface area (Å²) in [5.74, 6) is 0.929. The molecule has 2 aromatic rings. The third kappa shape index (κ3) is 6.61. The van der Waals surface area contributed by atoms with Crippen LogP contribution in [0.3, 0.4) is 0 Å². The van der Waals surface area contributed by atoms with Crippen molar-refractivity contribution in [3.05, 3.63) is 58.3 Å². The van der Waals surface area contributed by atoms with Gasteiger partial charge in [0.15, 0.2) is 0 Å². The van der Waals surface area contributed by atoms with Crippen molar-refractivity contribution in [3.8, 4) is 5.75 Å². The Kier molecular flexibility index (Phi) is 7.20. The van der Waals surface area contributed by atoms with E-state index in [0.717, 1.165) is 22.4 Å². The number of allylic oxidation sites excluding steroid dienone is 1. The van der Waals surface area contributed by atoms with Crippen LogP contribution in [0.25, 0.3) is 5.57 Å². The SMILES string of the molecule is C=C(C)c1cc(C)cc(OC(C)C)c1.OCc1ccsc1. The highest BCUT2D eigenvalue weighted by molar-refractivity contribution is 7.07. The minimum Gasteiger partial charge on any atom is -0.491 e. The van der Waals surface area contributed by atoms with Gasteiger partial charge in [-0.1, -0.05) is 18.2 Å². The fraction of sp³-hybridized carbons (Fsp3) is 0.333. The Balaban J connectivity index is 0.000000262. The molecule has 0 radical (unpaired) electrons. The van der Waals surface area contributed by atoms with Crippen molar-refractivity contribution in [2.45, 2.75) is 40.4 Å². The summed E-state index contributed by atoms with van der Waals surface area (Å²) < 4.78 is 5.64. The molecule has 0 atom stereocenters. The van der Waals surface area contributed by atoms with Crippen molar-refractivity contribution in [3.63, 3.8) is 0 Å². The van der Waals surface area contributed by atoms with Gasteiger partial charge < -0.3 is 9.84 Å². The van der Waals surface area contributed by atoms with Crippen LogP contribution in [0.5, 0.6) is 5.75 Å². The molecule has 0 saturated heterocycles. The summed E-state index contributed by atoms with van der Waals surface area (Å²) in [4.78, 5) is 0. The van der Waals surface area contributed by atoms with E-state index < -0.39 is 0 Å². The molecule has 0 aliphatic heterocycles. The highest BCUT2D eigenvalue weighted by atomic mass is 32.1. The highest BCUT2D eigenvalue weighted by Crippen LogP contribution is 2.22. The third-order valence-electron chi connectivity index (χ3n) is 2.68. The van der Waals surface area contributed by atoms with Gasteiger partial charge in [0.1, 0.15) is 5.75 Å². The molecule has 0 aliphatic rings. The fourth-order valence-electron chi connectivity index (χ4n) is 1.72. The number of ether oxygens (including phenoxy) is 1. The molecule has 114 valence electrons. The van der Waals surface area contributed by atoms with E-state index in [2.05, 4.69) is 19.6 Å². The first-order valence-electron chi connectivity index (χ1n) is 6.98. The maximum absolute atomic E-state index is 8.43. The summed E-state index contributed by atoms with van der Waals surface area (Å²) in [6.45, 7) is 12.2. The molecule has 0 unspecified atom stereocenters. The molecule has 0 spiro atoms. The number of aliphatic hydroxyl groups is 1. The van der Waals surface area contributed by atoms with Crippen LogP contribution in [0.2, 0.25) is 0 Å². The molecule has 0 aliphatic carbocycles.